The summed E-state index contributed by atoms with van der Waals surface area (Å²) in [4.78, 5) is 53.4. The van der Waals surface area contributed by atoms with Crippen LogP contribution in [-0.2, 0) is 33.2 Å². The lowest BCUT2D eigenvalue weighted by atomic mass is 9.80. The van der Waals surface area contributed by atoms with Gasteiger partial charge >= 0.3 is 11.9 Å². The summed E-state index contributed by atoms with van der Waals surface area (Å²) in [5.41, 5.74) is 60.0. The van der Waals surface area contributed by atoms with E-state index in [1.165, 1.54) is 77.7 Å². The Labute approximate surface area is 880 Å². The Morgan fingerprint density at radius 1 is 0.393 bits per heavy atom. The van der Waals surface area contributed by atoms with Crippen LogP contribution in [0, 0.1) is 11.8 Å². The fourth-order valence-electron chi connectivity index (χ4n) is 21.4. The zero-order valence-electron chi connectivity index (χ0n) is 84.8. The number of nitrogens with two attached hydrogens (primary N) is 6. The number of aryl methyl sites for hydroxylation is 2. The lowest BCUT2D eigenvalue weighted by molar-refractivity contribution is -0.161. The second-order valence-corrected chi connectivity index (χ2v) is 42.2. The Hall–Kier alpha value is -15.2. The number of aliphatic hydroxyl groups excluding tert-OH is 1. The number of ether oxygens (including phenoxy) is 2. The van der Waals surface area contributed by atoms with Crippen molar-refractivity contribution in [3.05, 3.63) is 215 Å². The van der Waals surface area contributed by atoms with Gasteiger partial charge < -0.3 is 59.6 Å². The van der Waals surface area contributed by atoms with Crippen LogP contribution in [0.25, 0.3) is 101 Å². The van der Waals surface area contributed by atoms with Crippen LogP contribution in [0.4, 0.5) is 34.9 Å². The summed E-state index contributed by atoms with van der Waals surface area (Å²) in [7, 11) is 5.21. The molecule has 1 aromatic carbocycles. The number of carbonyl (C=O) groups is 2. The van der Waals surface area contributed by atoms with Crippen molar-refractivity contribution in [2.75, 3.05) is 74.3 Å². The number of aliphatic hydroxyl groups is 1. The standard InChI is InChI=1S/C22H25N7O.C21H28N6O2.C18H22N6O2.2C15H17BrN6.C14H17N7/c23-21-9-19(16-7-4-8-24-10-16)27-22-18(12-26-29(21)22)17-11-25-28(13-17)20(14-30)15-5-2-1-3-6-15;1-21(2,3)29-20(28)14-7-5-13(6-8-14)17-9-18(22)27-19(25-17)16(11-24-27)15-10-23-26(4)12-15;1-23-10-13(8-20-23)14-9-21-24-16(19)7-15(22-17(14)24)11-3-5-12(6-4-11)18(25)26-2;2*16-12-13(9-4-2-1-3-5-9)21-15-11(10-6-18-19-7-10)8-20-22(15)14(12)17;15-13-4-12(9-2-1-3-16-5-9)20-14-11(8-19-21(13)14)10-6-17-18-7-10/h1-3,5-6,9,11-13,16,20,24,30H,4,7-8,10,14,23H2;9-14H,5-8,22H2,1-4H3;7-12H,3-6,19H2,1-2H3;2*6-9H,1-5,17H2,(H,18,19);4,6-9,16H,1-3,5,15H2,(H,17,18). The maximum atomic E-state index is 12.4. The lowest BCUT2D eigenvalue weighted by Crippen LogP contribution is -2.30. The average Bonchev–Trinajstić information content (AvgIpc) is 1.61. The normalized spacial score (nSPS) is 18.5. The van der Waals surface area contributed by atoms with Crippen LogP contribution >= 0.6 is 31.9 Å². The van der Waals surface area contributed by atoms with E-state index in [2.05, 4.69) is 119 Å². The molecule has 3 atom stereocenters. The second-order valence-electron chi connectivity index (χ2n) is 40.6. The van der Waals surface area contributed by atoms with Gasteiger partial charge in [-0.05, 0) is 174 Å². The van der Waals surface area contributed by atoms with Gasteiger partial charge in [-0.25, -0.2) is 29.9 Å². The topological polar surface area (TPSA) is 574 Å². The maximum absolute atomic E-state index is 12.4. The molecule has 0 amide bonds. The summed E-state index contributed by atoms with van der Waals surface area (Å²) >= 11 is 7.26. The summed E-state index contributed by atoms with van der Waals surface area (Å²) in [6, 6.07) is 17.3. The number of benzene rings is 1. The fraction of sp³-hybridized carbons (Fsp3) is 0.410. The molecule has 2 saturated heterocycles. The van der Waals surface area contributed by atoms with Crippen molar-refractivity contribution in [2.45, 2.75) is 209 Å². The number of carbonyl (C=O) groups excluding carboxylic acids is 2. The third-order valence-electron chi connectivity index (χ3n) is 29.4. The highest BCUT2D eigenvalue weighted by molar-refractivity contribution is 9.11. The van der Waals surface area contributed by atoms with Gasteiger partial charge in [-0.3, -0.25) is 38.9 Å². The summed E-state index contributed by atoms with van der Waals surface area (Å²) in [5.74, 6) is 5.60. The number of esters is 2. The number of piperidine rings is 2. The molecule has 4 aliphatic carbocycles. The zero-order valence-corrected chi connectivity index (χ0v) is 87.9. The van der Waals surface area contributed by atoms with Gasteiger partial charge in [-0.15, -0.1) is 0 Å². The van der Waals surface area contributed by atoms with Crippen molar-refractivity contribution in [3.63, 3.8) is 0 Å². The number of anilines is 6. The van der Waals surface area contributed by atoms with Gasteiger partial charge in [-0.2, -0.15) is 88.3 Å². The Balaban J connectivity index is 0.000000109. The number of nitrogen functional groups attached to an aromatic ring is 6. The molecule has 3 unspecified atom stereocenters. The number of nitrogens with one attached hydrogen (secondary N) is 5. The maximum Gasteiger partial charge on any atom is 0.309 e. The fourth-order valence-corrected chi connectivity index (χ4v) is 22.6. The molecule has 0 radical (unpaired) electrons. The molecule has 18 aromatic heterocycles. The van der Waals surface area contributed by atoms with Crippen molar-refractivity contribution in [1.82, 2.24) is 158 Å². The highest BCUT2D eigenvalue weighted by Crippen LogP contribution is 2.45. The van der Waals surface area contributed by atoms with E-state index in [-0.39, 0.29) is 42.3 Å². The number of methoxy groups -OCH3 is 1. The van der Waals surface area contributed by atoms with E-state index in [0.29, 0.717) is 64.5 Å². The number of halogens is 2. The quantitative estimate of drug-likeness (QED) is 0.0377. The molecular weight excluding hydrogens is 2030 g/mol. The first-order chi connectivity index (χ1) is 72.8. The first-order valence-corrected chi connectivity index (χ1v) is 53.0. The van der Waals surface area contributed by atoms with Crippen LogP contribution in [0.1, 0.15) is 243 Å². The van der Waals surface area contributed by atoms with Crippen LogP contribution in [-0.4, -0.2) is 210 Å². The largest absolute Gasteiger partial charge is 0.469 e. The Kier molecular flexibility index (Phi) is 30.6. The number of hydrogen-bond acceptors (Lipinski definition) is 31. The molecule has 19 aromatic rings. The van der Waals surface area contributed by atoms with E-state index >= 15 is 0 Å². The van der Waals surface area contributed by atoms with Crippen molar-refractivity contribution in [3.8, 4) is 66.8 Å². The van der Waals surface area contributed by atoms with Crippen LogP contribution in [0.3, 0.4) is 0 Å². The minimum Gasteiger partial charge on any atom is -0.469 e. The SMILES string of the molecule is COC(=O)C1CCC(c2cc(N)n3ncc(-c4cnn(C)c4)c3n2)CC1.Cn1cc(-c2cnn3c(N)cc(C4CCC(C(=O)OC(C)(C)C)CC4)nc23)cn1.Nc1c(Br)c(C2CCCCC2)nc2c(-c3cn[nH]c3)cnn12.Nc1c(Br)c(C2CCCCC2)nc2c(-c3cn[nH]c3)cnn12.Nc1cc(C2CCCNC2)nc2c(-c3cn[nH]c3)cnn12.Nc1cc(C2CCCNC2)nc2c(-c3cnn(C(CO)c4ccccc4)c3)cnn12. The minimum atomic E-state index is -0.445. The smallest absolute Gasteiger partial charge is 0.309 e. The zero-order chi connectivity index (χ0) is 104. The minimum absolute atomic E-state index is 0.00162. The van der Waals surface area contributed by atoms with Crippen molar-refractivity contribution < 1.29 is 24.2 Å². The Morgan fingerprint density at radius 3 is 1.07 bits per heavy atom. The van der Waals surface area contributed by atoms with E-state index in [0.717, 1.165) is 246 Å². The predicted molar refractivity (Wildman–Crippen MR) is 578 cm³/mol. The van der Waals surface area contributed by atoms with Gasteiger partial charge in [0.2, 0.25) is 0 Å². The van der Waals surface area contributed by atoms with E-state index in [1.54, 1.807) is 115 Å². The molecule has 18 N–H and O–H groups in total. The van der Waals surface area contributed by atoms with E-state index in [1.807, 2.05) is 127 Å². The molecule has 0 spiro atoms. The van der Waals surface area contributed by atoms with Gasteiger partial charge in [0.25, 0.3) is 0 Å². The number of aromatic nitrogens is 30. The molecular formula is C105H126Br2N38O5. The highest BCUT2D eigenvalue weighted by atomic mass is 79.9. The number of hydrogen-bond donors (Lipinski definition) is 12. The molecule has 150 heavy (non-hydrogen) atoms. The molecule has 4 saturated carbocycles. The summed E-state index contributed by atoms with van der Waals surface area (Å²) in [6.07, 6.45) is 56.5. The van der Waals surface area contributed by atoms with Gasteiger partial charge in [0.05, 0.1) is 138 Å². The first-order valence-electron chi connectivity index (χ1n) is 51.5. The summed E-state index contributed by atoms with van der Waals surface area (Å²) in [6.45, 7) is 9.69. The van der Waals surface area contributed by atoms with E-state index in [9.17, 15) is 14.7 Å². The molecule has 6 fully saturated rings. The van der Waals surface area contributed by atoms with Crippen molar-refractivity contribution in [1.29, 1.82) is 0 Å². The highest BCUT2D eigenvalue weighted by Gasteiger charge is 2.36. The number of H-pyrrole nitrogens is 3. The van der Waals surface area contributed by atoms with Gasteiger partial charge in [-0.1, -0.05) is 68.9 Å². The Bertz CT molecular complexity index is 7720. The molecule has 780 valence electrons. The summed E-state index contributed by atoms with van der Waals surface area (Å²) in [5, 5.41) is 76.6. The average molecular weight is 2160 g/mol. The third kappa shape index (κ3) is 22.0. The number of nitrogens with zero attached hydrogens (tertiary/aromatic N) is 27. The summed E-state index contributed by atoms with van der Waals surface area (Å²) < 4.78 is 27.5. The monoisotopic (exact) mass is 2160 g/mol. The number of aromatic amines is 3. The lowest BCUT2D eigenvalue weighted by Gasteiger charge is -2.29. The predicted octanol–water partition coefficient (Wildman–Crippen LogP) is 15.9. The van der Waals surface area contributed by atoms with Gasteiger partial charge in [0.1, 0.15) is 40.5 Å². The second kappa shape index (κ2) is 45.1. The molecule has 20 heterocycles. The molecule has 45 heteroatoms. The van der Waals surface area contributed by atoms with Crippen LogP contribution in [0.2, 0.25) is 0 Å². The molecule has 25 rings (SSSR count). The van der Waals surface area contributed by atoms with Crippen molar-refractivity contribution in [2.24, 2.45) is 25.9 Å². The van der Waals surface area contributed by atoms with Crippen LogP contribution < -0.4 is 45.0 Å². The van der Waals surface area contributed by atoms with Crippen LogP contribution in [0.5, 0.6) is 0 Å². The van der Waals surface area contributed by atoms with Crippen molar-refractivity contribution >= 4 is 113 Å². The van der Waals surface area contributed by atoms with E-state index < -0.39 is 5.60 Å². The molecule has 2 aliphatic heterocycles. The molecule has 6 aliphatic rings. The third-order valence-corrected chi connectivity index (χ3v) is 31.0. The molecule has 43 nitrogen and oxygen atoms in total. The molecule has 0 bridgehead atoms. The van der Waals surface area contributed by atoms with Gasteiger partial charge in [0.15, 0.2) is 33.9 Å². The van der Waals surface area contributed by atoms with Crippen LogP contribution in [0.15, 0.2) is 175 Å². The van der Waals surface area contributed by atoms with Gasteiger partial charge in [0, 0.05) is 202 Å². The first kappa shape index (κ1) is 102. The number of fused-ring (bicyclic) bond motifs is 6. The van der Waals surface area contributed by atoms with E-state index in [4.69, 9.17) is 73.8 Å². The number of rotatable bonds is 17. The Morgan fingerprint density at radius 2 is 0.733 bits per heavy atom.